The number of hydrogen-bond acceptors (Lipinski definition) is 4. The van der Waals surface area contributed by atoms with Crippen molar-refractivity contribution in [2.75, 3.05) is 26.9 Å². The highest BCUT2D eigenvalue weighted by Gasteiger charge is 2.22. The van der Waals surface area contributed by atoms with Crippen molar-refractivity contribution in [2.45, 2.75) is 25.4 Å². The molecule has 0 aromatic heterocycles. The first-order valence-corrected chi connectivity index (χ1v) is 6.37. The van der Waals surface area contributed by atoms with Crippen LogP contribution < -0.4 is 15.2 Å². The fourth-order valence-electron chi connectivity index (χ4n) is 1.97. The summed E-state index contributed by atoms with van der Waals surface area (Å²) in [6, 6.07) is 6.09. The van der Waals surface area contributed by atoms with Crippen LogP contribution in [0.2, 0.25) is 0 Å². The van der Waals surface area contributed by atoms with E-state index in [2.05, 4.69) is 13.0 Å². The molecule has 1 atom stereocenters. The Kier molecular flexibility index (Phi) is 4.44. The molecule has 4 nitrogen and oxygen atoms in total. The monoisotopic (exact) mass is 251 g/mol. The third-order valence-corrected chi connectivity index (χ3v) is 3.26. The fraction of sp³-hybridized carbons (Fsp3) is 0.571. The van der Waals surface area contributed by atoms with Crippen LogP contribution in [-0.4, -0.2) is 33.0 Å². The summed E-state index contributed by atoms with van der Waals surface area (Å²) in [4.78, 5) is 0. The van der Waals surface area contributed by atoms with E-state index < -0.39 is 0 Å². The van der Waals surface area contributed by atoms with Gasteiger partial charge in [-0.3, -0.25) is 0 Å². The summed E-state index contributed by atoms with van der Waals surface area (Å²) in [6.07, 6.45) is 1.13. The van der Waals surface area contributed by atoms with Crippen LogP contribution in [0.1, 0.15) is 24.8 Å². The summed E-state index contributed by atoms with van der Waals surface area (Å²) in [5.74, 6) is 2.00. The van der Waals surface area contributed by atoms with Crippen LogP contribution >= 0.6 is 0 Å². The molecule has 0 bridgehead atoms. The summed E-state index contributed by atoms with van der Waals surface area (Å²) in [7, 11) is 1.66. The Morgan fingerprint density at radius 3 is 2.72 bits per heavy atom. The molecule has 1 aromatic carbocycles. The van der Waals surface area contributed by atoms with Crippen molar-refractivity contribution in [3.05, 3.63) is 23.8 Å². The fourth-order valence-corrected chi connectivity index (χ4v) is 1.97. The molecule has 1 unspecified atom stereocenters. The molecule has 4 heteroatoms. The molecule has 1 aliphatic heterocycles. The van der Waals surface area contributed by atoms with Crippen molar-refractivity contribution >= 4 is 0 Å². The SMILES string of the molecule is COc1cc(C(C)CCN)ccc1OC1COC1. The quantitative estimate of drug-likeness (QED) is 0.839. The zero-order valence-electron chi connectivity index (χ0n) is 11.0. The lowest BCUT2D eigenvalue weighted by molar-refractivity contribution is -0.0803. The summed E-state index contributed by atoms with van der Waals surface area (Å²) < 4.78 is 16.3. The minimum absolute atomic E-state index is 0.159. The maximum Gasteiger partial charge on any atom is 0.161 e. The van der Waals surface area contributed by atoms with E-state index in [0.717, 1.165) is 17.9 Å². The van der Waals surface area contributed by atoms with Gasteiger partial charge in [0, 0.05) is 0 Å². The van der Waals surface area contributed by atoms with E-state index in [1.54, 1.807) is 7.11 Å². The third-order valence-electron chi connectivity index (χ3n) is 3.26. The van der Waals surface area contributed by atoms with Crippen molar-refractivity contribution in [2.24, 2.45) is 5.73 Å². The van der Waals surface area contributed by atoms with Gasteiger partial charge in [-0.2, -0.15) is 0 Å². The lowest BCUT2D eigenvalue weighted by atomic mass is 9.97. The van der Waals surface area contributed by atoms with Crippen LogP contribution in [0.5, 0.6) is 11.5 Å². The Labute approximate surface area is 108 Å². The molecule has 0 aliphatic carbocycles. The highest BCUT2D eigenvalue weighted by Crippen LogP contribution is 2.33. The number of hydrogen-bond donors (Lipinski definition) is 1. The molecule has 1 fully saturated rings. The van der Waals surface area contributed by atoms with Gasteiger partial charge in [-0.25, -0.2) is 0 Å². The summed E-state index contributed by atoms with van der Waals surface area (Å²) in [5, 5.41) is 0. The predicted octanol–water partition coefficient (Wildman–Crippen LogP) is 1.93. The average molecular weight is 251 g/mol. The number of rotatable bonds is 6. The molecule has 2 N–H and O–H groups in total. The molecule has 1 saturated heterocycles. The van der Waals surface area contributed by atoms with Gasteiger partial charge in [0.05, 0.1) is 20.3 Å². The summed E-state index contributed by atoms with van der Waals surface area (Å²) >= 11 is 0. The van der Waals surface area contributed by atoms with E-state index in [4.69, 9.17) is 19.9 Å². The lowest BCUT2D eigenvalue weighted by Crippen LogP contribution is -2.38. The van der Waals surface area contributed by atoms with Crippen LogP contribution in [0.15, 0.2) is 18.2 Å². The first-order chi connectivity index (χ1) is 8.74. The third kappa shape index (κ3) is 2.94. The molecule has 0 amide bonds. The second kappa shape index (κ2) is 6.07. The zero-order valence-corrected chi connectivity index (χ0v) is 11.0. The first-order valence-electron chi connectivity index (χ1n) is 6.37. The van der Waals surface area contributed by atoms with Crippen LogP contribution in [0.3, 0.4) is 0 Å². The van der Waals surface area contributed by atoms with E-state index in [1.807, 2.05) is 12.1 Å². The molecule has 1 aliphatic rings. The largest absolute Gasteiger partial charge is 0.493 e. The first kappa shape index (κ1) is 13.2. The summed E-state index contributed by atoms with van der Waals surface area (Å²) in [5.41, 5.74) is 6.82. The van der Waals surface area contributed by atoms with Gasteiger partial charge in [0.2, 0.25) is 0 Å². The Balaban J connectivity index is 2.11. The molecule has 0 spiro atoms. The Morgan fingerprint density at radius 2 is 2.17 bits per heavy atom. The average Bonchev–Trinajstić information content (AvgIpc) is 2.34. The normalized spacial score (nSPS) is 17.1. The number of benzene rings is 1. The van der Waals surface area contributed by atoms with E-state index >= 15 is 0 Å². The van der Waals surface area contributed by atoms with E-state index in [1.165, 1.54) is 5.56 Å². The minimum Gasteiger partial charge on any atom is -0.493 e. The predicted molar refractivity (Wildman–Crippen MR) is 70.3 cm³/mol. The van der Waals surface area contributed by atoms with Crippen LogP contribution in [0.25, 0.3) is 0 Å². The maximum atomic E-state index is 5.79. The van der Waals surface area contributed by atoms with Crippen molar-refractivity contribution in [3.63, 3.8) is 0 Å². The Bertz CT molecular complexity index is 391. The molecule has 0 radical (unpaired) electrons. The van der Waals surface area contributed by atoms with Gasteiger partial charge >= 0.3 is 0 Å². The van der Waals surface area contributed by atoms with Crippen molar-refractivity contribution < 1.29 is 14.2 Å². The molecule has 1 aromatic rings. The molecule has 2 rings (SSSR count). The molecule has 0 saturated carbocycles. The Morgan fingerprint density at radius 1 is 1.39 bits per heavy atom. The highest BCUT2D eigenvalue weighted by atomic mass is 16.6. The van der Waals surface area contributed by atoms with Gasteiger partial charge in [-0.15, -0.1) is 0 Å². The van der Waals surface area contributed by atoms with Crippen molar-refractivity contribution in [1.82, 2.24) is 0 Å². The van der Waals surface area contributed by atoms with Gasteiger partial charge < -0.3 is 19.9 Å². The Hall–Kier alpha value is -1.26. The molecule has 100 valence electrons. The molecule has 18 heavy (non-hydrogen) atoms. The van der Waals surface area contributed by atoms with Gasteiger partial charge in [0.1, 0.15) is 6.10 Å². The van der Waals surface area contributed by atoms with Crippen LogP contribution in [0, 0.1) is 0 Å². The topological polar surface area (TPSA) is 53.7 Å². The number of methoxy groups -OCH3 is 1. The van der Waals surface area contributed by atoms with E-state index in [0.29, 0.717) is 25.7 Å². The highest BCUT2D eigenvalue weighted by molar-refractivity contribution is 5.44. The van der Waals surface area contributed by atoms with Crippen molar-refractivity contribution in [1.29, 1.82) is 0 Å². The van der Waals surface area contributed by atoms with Crippen LogP contribution in [0.4, 0.5) is 0 Å². The second-order valence-corrected chi connectivity index (χ2v) is 4.67. The standard InChI is InChI=1S/C14H21NO3/c1-10(5-6-15)11-3-4-13(14(7-11)16-2)18-12-8-17-9-12/h3-4,7,10,12H,5-6,8-9,15H2,1-2H3. The second-order valence-electron chi connectivity index (χ2n) is 4.67. The zero-order chi connectivity index (χ0) is 13.0. The number of nitrogens with two attached hydrogens (primary N) is 1. The lowest BCUT2D eigenvalue weighted by Gasteiger charge is -2.27. The van der Waals surface area contributed by atoms with Crippen molar-refractivity contribution in [3.8, 4) is 11.5 Å². The number of ether oxygens (including phenoxy) is 3. The molecule has 1 heterocycles. The van der Waals surface area contributed by atoms with Gasteiger partial charge in [-0.05, 0) is 36.6 Å². The summed E-state index contributed by atoms with van der Waals surface area (Å²) in [6.45, 7) is 4.19. The van der Waals surface area contributed by atoms with Gasteiger partial charge in [-0.1, -0.05) is 13.0 Å². The minimum atomic E-state index is 0.159. The molecular weight excluding hydrogens is 230 g/mol. The van der Waals surface area contributed by atoms with Gasteiger partial charge in [0.25, 0.3) is 0 Å². The van der Waals surface area contributed by atoms with E-state index in [-0.39, 0.29) is 6.10 Å². The molecular formula is C14H21NO3. The van der Waals surface area contributed by atoms with Crippen LogP contribution in [-0.2, 0) is 4.74 Å². The smallest absolute Gasteiger partial charge is 0.161 e. The van der Waals surface area contributed by atoms with Gasteiger partial charge in [0.15, 0.2) is 11.5 Å². The maximum absolute atomic E-state index is 5.79. The van der Waals surface area contributed by atoms with E-state index in [9.17, 15) is 0 Å².